The fraction of sp³-hybridized carbons (Fsp3) is 0.462. The molecule has 0 aromatic heterocycles. The van der Waals surface area contributed by atoms with Gasteiger partial charge in [0.15, 0.2) is 0 Å². The van der Waals surface area contributed by atoms with Gasteiger partial charge in [-0.05, 0) is 37.8 Å². The molecule has 1 aromatic carbocycles. The maximum absolute atomic E-state index is 12.2. The molecule has 1 saturated carbocycles. The first-order valence-corrected chi connectivity index (χ1v) is 5.93. The second kappa shape index (κ2) is 4.65. The number of carbonyl (C=O) groups excluding carboxylic acids is 1. The van der Waals surface area contributed by atoms with Crippen molar-refractivity contribution < 1.29 is 15.0 Å². The molecule has 0 aliphatic heterocycles. The molecule has 1 fully saturated rings. The molecular formula is C13H17NO3. The van der Waals surface area contributed by atoms with E-state index in [9.17, 15) is 15.0 Å². The van der Waals surface area contributed by atoms with Crippen molar-refractivity contribution in [2.24, 2.45) is 5.92 Å². The van der Waals surface area contributed by atoms with Crippen LogP contribution in [0.2, 0.25) is 0 Å². The SMILES string of the molecule is CCN(CC1CC1)C(=O)c1c(O)cccc1O. The molecule has 0 bridgehead atoms. The van der Waals surface area contributed by atoms with Gasteiger partial charge in [-0.3, -0.25) is 4.79 Å². The van der Waals surface area contributed by atoms with Crippen molar-refractivity contribution in [2.75, 3.05) is 13.1 Å². The number of hydrogen-bond acceptors (Lipinski definition) is 3. The van der Waals surface area contributed by atoms with E-state index in [1.54, 1.807) is 4.90 Å². The van der Waals surface area contributed by atoms with Crippen molar-refractivity contribution in [1.82, 2.24) is 4.90 Å². The predicted molar refractivity (Wildman–Crippen MR) is 64.1 cm³/mol. The van der Waals surface area contributed by atoms with Crippen LogP contribution in [0.4, 0.5) is 0 Å². The third-order valence-electron chi connectivity index (χ3n) is 3.08. The van der Waals surface area contributed by atoms with E-state index in [0.717, 1.165) is 12.8 Å². The number of nitrogens with zero attached hydrogens (tertiary/aromatic N) is 1. The Labute approximate surface area is 100 Å². The zero-order valence-electron chi connectivity index (χ0n) is 9.89. The third-order valence-corrected chi connectivity index (χ3v) is 3.08. The molecule has 0 atom stereocenters. The number of rotatable bonds is 4. The molecule has 92 valence electrons. The number of phenols is 2. The van der Waals surface area contributed by atoms with E-state index in [-0.39, 0.29) is 23.0 Å². The second-order valence-corrected chi connectivity index (χ2v) is 4.46. The van der Waals surface area contributed by atoms with Crippen LogP contribution in [0.1, 0.15) is 30.1 Å². The number of aromatic hydroxyl groups is 2. The first kappa shape index (κ1) is 11.8. The van der Waals surface area contributed by atoms with Crippen molar-refractivity contribution in [1.29, 1.82) is 0 Å². The van der Waals surface area contributed by atoms with Gasteiger partial charge in [0.2, 0.25) is 0 Å². The van der Waals surface area contributed by atoms with E-state index in [1.807, 2.05) is 6.92 Å². The summed E-state index contributed by atoms with van der Waals surface area (Å²) in [5, 5.41) is 19.3. The van der Waals surface area contributed by atoms with Crippen LogP contribution in [0.15, 0.2) is 18.2 Å². The van der Waals surface area contributed by atoms with Crippen LogP contribution in [0.5, 0.6) is 11.5 Å². The highest BCUT2D eigenvalue weighted by atomic mass is 16.3. The average molecular weight is 235 g/mol. The fourth-order valence-corrected chi connectivity index (χ4v) is 1.87. The standard InChI is InChI=1S/C13H17NO3/c1-2-14(8-9-6-7-9)13(17)12-10(15)4-3-5-11(12)16/h3-5,9,15-16H,2,6-8H2,1H3. The van der Waals surface area contributed by atoms with E-state index in [2.05, 4.69) is 0 Å². The van der Waals surface area contributed by atoms with Gasteiger partial charge in [0.1, 0.15) is 17.1 Å². The topological polar surface area (TPSA) is 60.8 Å². The Morgan fingerprint density at radius 3 is 2.41 bits per heavy atom. The van der Waals surface area contributed by atoms with Gasteiger partial charge in [-0.25, -0.2) is 0 Å². The van der Waals surface area contributed by atoms with Crippen molar-refractivity contribution in [3.8, 4) is 11.5 Å². The first-order chi connectivity index (χ1) is 8.13. The summed E-state index contributed by atoms with van der Waals surface area (Å²) in [6.07, 6.45) is 2.33. The molecule has 4 heteroatoms. The molecule has 0 heterocycles. The number of hydrogen-bond donors (Lipinski definition) is 2. The van der Waals surface area contributed by atoms with Crippen LogP contribution >= 0.6 is 0 Å². The van der Waals surface area contributed by atoms with E-state index >= 15 is 0 Å². The number of amides is 1. The maximum Gasteiger partial charge on any atom is 0.261 e. The molecule has 2 rings (SSSR count). The molecule has 1 aromatic rings. The summed E-state index contributed by atoms with van der Waals surface area (Å²) in [6, 6.07) is 4.34. The molecule has 1 aliphatic rings. The third kappa shape index (κ3) is 2.52. The van der Waals surface area contributed by atoms with Gasteiger partial charge in [-0.1, -0.05) is 6.07 Å². The molecule has 4 nitrogen and oxygen atoms in total. The molecule has 0 radical (unpaired) electrons. The van der Waals surface area contributed by atoms with Gasteiger partial charge >= 0.3 is 0 Å². The average Bonchev–Trinajstić information content (AvgIpc) is 3.09. The Kier molecular flexibility index (Phi) is 3.22. The highest BCUT2D eigenvalue weighted by molar-refractivity contribution is 5.99. The Balaban J connectivity index is 2.21. The van der Waals surface area contributed by atoms with Crippen LogP contribution < -0.4 is 0 Å². The van der Waals surface area contributed by atoms with Crippen molar-refractivity contribution in [3.63, 3.8) is 0 Å². The van der Waals surface area contributed by atoms with Crippen LogP contribution in [-0.4, -0.2) is 34.1 Å². The lowest BCUT2D eigenvalue weighted by atomic mass is 10.1. The Morgan fingerprint density at radius 2 is 1.94 bits per heavy atom. The normalized spacial score (nSPS) is 14.6. The molecule has 0 unspecified atom stereocenters. The van der Waals surface area contributed by atoms with Crippen LogP contribution in [-0.2, 0) is 0 Å². The Morgan fingerprint density at radius 1 is 1.35 bits per heavy atom. The molecule has 0 spiro atoms. The number of phenolic OH excluding ortho intramolecular Hbond substituents is 2. The molecule has 17 heavy (non-hydrogen) atoms. The lowest BCUT2D eigenvalue weighted by Gasteiger charge is -2.21. The maximum atomic E-state index is 12.2. The summed E-state index contributed by atoms with van der Waals surface area (Å²) in [5.74, 6) is -0.0320. The van der Waals surface area contributed by atoms with Crippen molar-refractivity contribution >= 4 is 5.91 Å². The minimum absolute atomic E-state index is 0.00926. The van der Waals surface area contributed by atoms with E-state index in [1.165, 1.54) is 18.2 Å². The summed E-state index contributed by atoms with van der Waals surface area (Å²) < 4.78 is 0. The minimum atomic E-state index is -0.296. The zero-order chi connectivity index (χ0) is 12.4. The summed E-state index contributed by atoms with van der Waals surface area (Å²) in [4.78, 5) is 13.9. The highest BCUT2D eigenvalue weighted by Gasteiger charge is 2.28. The summed E-state index contributed by atoms with van der Waals surface area (Å²) in [7, 11) is 0. The highest BCUT2D eigenvalue weighted by Crippen LogP contribution is 2.32. The molecule has 1 aliphatic carbocycles. The van der Waals surface area contributed by atoms with E-state index < -0.39 is 0 Å². The minimum Gasteiger partial charge on any atom is -0.507 e. The van der Waals surface area contributed by atoms with Crippen LogP contribution in [0.3, 0.4) is 0 Å². The number of benzene rings is 1. The Hall–Kier alpha value is -1.71. The zero-order valence-corrected chi connectivity index (χ0v) is 9.89. The van der Waals surface area contributed by atoms with Crippen molar-refractivity contribution in [2.45, 2.75) is 19.8 Å². The van der Waals surface area contributed by atoms with E-state index in [4.69, 9.17) is 0 Å². The quantitative estimate of drug-likeness (QED) is 0.838. The van der Waals surface area contributed by atoms with Crippen molar-refractivity contribution in [3.05, 3.63) is 23.8 Å². The van der Waals surface area contributed by atoms with Gasteiger partial charge < -0.3 is 15.1 Å². The van der Waals surface area contributed by atoms with Gasteiger partial charge in [-0.2, -0.15) is 0 Å². The molecule has 2 N–H and O–H groups in total. The summed E-state index contributed by atoms with van der Waals surface area (Å²) >= 11 is 0. The smallest absolute Gasteiger partial charge is 0.261 e. The van der Waals surface area contributed by atoms with Gasteiger partial charge in [-0.15, -0.1) is 0 Å². The molecular weight excluding hydrogens is 218 g/mol. The molecule has 1 amide bonds. The van der Waals surface area contributed by atoms with E-state index in [0.29, 0.717) is 19.0 Å². The number of carbonyl (C=O) groups is 1. The lowest BCUT2D eigenvalue weighted by molar-refractivity contribution is 0.0750. The second-order valence-electron chi connectivity index (χ2n) is 4.46. The Bertz CT molecular complexity index is 406. The first-order valence-electron chi connectivity index (χ1n) is 5.93. The summed E-state index contributed by atoms with van der Waals surface area (Å²) in [5.41, 5.74) is 0.00926. The van der Waals surface area contributed by atoms with Gasteiger partial charge in [0.25, 0.3) is 5.91 Å². The largest absolute Gasteiger partial charge is 0.507 e. The van der Waals surface area contributed by atoms with Gasteiger partial charge in [0, 0.05) is 13.1 Å². The lowest BCUT2D eigenvalue weighted by Crippen LogP contribution is -2.32. The van der Waals surface area contributed by atoms with Gasteiger partial charge in [0.05, 0.1) is 0 Å². The fourth-order valence-electron chi connectivity index (χ4n) is 1.87. The predicted octanol–water partition coefficient (Wildman–Crippen LogP) is 1.97. The van der Waals surface area contributed by atoms with Crippen LogP contribution in [0, 0.1) is 5.92 Å². The monoisotopic (exact) mass is 235 g/mol. The van der Waals surface area contributed by atoms with Crippen LogP contribution in [0.25, 0.3) is 0 Å². The summed E-state index contributed by atoms with van der Waals surface area (Å²) in [6.45, 7) is 3.20. The molecule has 0 saturated heterocycles.